The third-order valence-corrected chi connectivity index (χ3v) is 2.49. The molecular formula is C10H20N2O2. The van der Waals surface area contributed by atoms with Gasteiger partial charge in [0.05, 0.1) is 6.61 Å². The molecule has 0 bridgehead atoms. The summed E-state index contributed by atoms with van der Waals surface area (Å²) in [6.07, 6.45) is 4.16. The molecule has 1 aliphatic heterocycles. The van der Waals surface area contributed by atoms with E-state index in [4.69, 9.17) is 4.74 Å². The van der Waals surface area contributed by atoms with Gasteiger partial charge in [0.25, 0.3) is 0 Å². The van der Waals surface area contributed by atoms with Gasteiger partial charge in [-0.2, -0.15) is 0 Å². The van der Waals surface area contributed by atoms with E-state index in [-0.39, 0.29) is 5.91 Å². The fourth-order valence-corrected chi connectivity index (χ4v) is 1.62. The fraction of sp³-hybridized carbons (Fsp3) is 0.900. The summed E-state index contributed by atoms with van der Waals surface area (Å²) in [5, 5.41) is 6.29. The Morgan fingerprint density at radius 1 is 1.57 bits per heavy atom. The van der Waals surface area contributed by atoms with Gasteiger partial charge in [0.1, 0.15) is 0 Å². The van der Waals surface area contributed by atoms with Crippen LogP contribution in [-0.2, 0) is 9.53 Å². The molecule has 2 N–H and O–H groups in total. The van der Waals surface area contributed by atoms with E-state index in [1.54, 1.807) is 7.11 Å². The molecule has 1 atom stereocenters. The minimum Gasteiger partial charge on any atom is -0.384 e. The van der Waals surface area contributed by atoms with E-state index >= 15 is 0 Å². The molecule has 0 radical (unpaired) electrons. The lowest BCUT2D eigenvalue weighted by Gasteiger charge is -2.23. The number of methoxy groups -OCH3 is 1. The molecule has 1 amide bonds. The molecule has 0 aromatic heterocycles. The lowest BCUT2D eigenvalue weighted by molar-refractivity contribution is -0.122. The summed E-state index contributed by atoms with van der Waals surface area (Å²) >= 11 is 0. The molecule has 1 aliphatic rings. The highest BCUT2D eigenvalue weighted by Crippen LogP contribution is 2.05. The van der Waals surface area contributed by atoms with Gasteiger partial charge in [-0.1, -0.05) is 6.42 Å². The Morgan fingerprint density at radius 2 is 2.43 bits per heavy atom. The van der Waals surface area contributed by atoms with E-state index < -0.39 is 0 Å². The summed E-state index contributed by atoms with van der Waals surface area (Å²) in [6.45, 7) is 2.34. The number of rotatable bonds is 5. The predicted octanol–water partition coefficient (Wildman–Crippen LogP) is 0.281. The van der Waals surface area contributed by atoms with Gasteiger partial charge in [-0.15, -0.1) is 0 Å². The quantitative estimate of drug-likeness (QED) is 0.670. The Labute approximate surface area is 85.4 Å². The molecule has 4 nitrogen and oxygen atoms in total. The zero-order chi connectivity index (χ0) is 10.2. The monoisotopic (exact) mass is 200 g/mol. The van der Waals surface area contributed by atoms with Crippen LogP contribution in [0.1, 0.15) is 25.7 Å². The van der Waals surface area contributed by atoms with Crippen LogP contribution in [-0.4, -0.2) is 38.8 Å². The summed E-state index contributed by atoms with van der Waals surface area (Å²) in [7, 11) is 1.61. The maximum absolute atomic E-state index is 11.2. The lowest BCUT2D eigenvalue weighted by atomic mass is 10.1. The van der Waals surface area contributed by atoms with Crippen LogP contribution in [0.25, 0.3) is 0 Å². The van der Waals surface area contributed by atoms with Gasteiger partial charge in [0, 0.05) is 26.1 Å². The van der Waals surface area contributed by atoms with Crippen molar-refractivity contribution in [1.29, 1.82) is 0 Å². The van der Waals surface area contributed by atoms with Gasteiger partial charge in [0.2, 0.25) is 5.91 Å². The zero-order valence-electron chi connectivity index (χ0n) is 8.84. The van der Waals surface area contributed by atoms with Crippen molar-refractivity contribution in [3.05, 3.63) is 0 Å². The Bertz CT molecular complexity index is 168. The van der Waals surface area contributed by atoms with Crippen LogP contribution in [0.4, 0.5) is 0 Å². The van der Waals surface area contributed by atoms with Crippen molar-refractivity contribution in [3.8, 4) is 0 Å². The molecule has 0 saturated carbocycles. The summed E-state index contributed by atoms with van der Waals surface area (Å²) in [6, 6.07) is 0.468. The molecule has 4 heteroatoms. The SMILES string of the molecule is COCCC(=O)NCC1CCCCN1. The summed E-state index contributed by atoms with van der Waals surface area (Å²) in [4.78, 5) is 11.2. The standard InChI is InChI=1S/C10H20N2O2/c1-14-7-5-10(13)12-8-9-4-2-3-6-11-9/h9,11H,2-8H2,1H3,(H,12,13). The van der Waals surface area contributed by atoms with Crippen molar-refractivity contribution < 1.29 is 9.53 Å². The van der Waals surface area contributed by atoms with Crippen molar-refractivity contribution in [2.24, 2.45) is 0 Å². The first kappa shape index (κ1) is 11.5. The van der Waals surface area contributed by atoms with Crippen LogP contribution in [0.3, 0.4) is 0 Å². The molecule has 0 aliphatic carbocycles. The molecular weight excluding hydrogens is 180 g/mol. The molecule has 14 heavy (non-hydrogen) atoms. The topological polar surface area (TPSA) is 50.4 Å². The highest BCUT2D eigenvalue weighted by Gasteiger charge is 2.12. The van der Waals surface area contributed by atoms with Crippen molar-refractivity contribution in [3.63, 3.8) is 0 Å². The van der Waals surface area contributed by atoms with E-state index in [1.807, 2.05) is 0 Å². The van der Waals surface area contributed by atoms with E-state index in [0.29, 0.717) is 19.1 Å². The number of carbonyl (C=O) groups excluding carboxylic acids is 1. The van der Waals surface area contributed by atoms with E-state index in [0.717, 1.165) is 13.1 Å². The second kappa shape index (κ2) is 6.79. The highest BCUT2D eigenvalue weighted by molar-refractivity contribution is 5.75. The van der Waals surface area contributed by atoms with Crippen molar-refractivity contribution in [2.45, 2.75) is 31.7 Å². The summed E-state index contributed by atoms with van der Waals surface area (Å²) in [5.41, 5.74) is 0. The minimum absolute atomic E-state index is 0.0826. The van der Waals surface area contributed by atoms with Crippen LogP contribution in [0, 0.1) is 0 Å². The zero-order valence-corrected chi connectivity index (χ0v) is 8.84. The number of ether oxygens (including phenoxy) is 1. The lowest BCUT2D eigenvalue weighted by Crippen LogP contribution is -2.43. The number of piperidine rings is 1. The Kier molecular flexibility index (Phi) is 5.56. The molecule has 0 aromatic rings. The Hall–Kier alpha value is -0.610. The third kappa shape index (κ3) is 4.58. The van der Waals surface area contributed by atoms with Crippen LogP contribution >= 0.6 is 0 Å². The number of hydrogen-bond acceptors (Lipinski definition) is 3. The molecule has 1 saturated heterocycles. The van der Waals surface area contributed by atoms with Gasteiger partial charge in [-0.3, -0.25) is 4.79 Å². The van der Waals surface area contributed by atoms with Crippen LogP contribution in [0.15, 0.2) is 0 Å². The van der Waals surface area contributed by atoms with E-state index in [2.05, 4.69) is 10.6 Å². The molecule has 82 valence electrons. The van der Waals surface area contributed by atoms with Gasteiger partial charge in [-0.05, 0) is 19.4 Å². The minimum atomic E-state index is 0.0826. The molecule has 1 fully saturated rings. The molecule has 0 aromatic carbocycles. The van der Waals surface area contributed by atoms with Gasteiger partial charge in [0.15, 0.2) is 0 Å². The average molecular weight is 200 g/mol. The Balaban J connectivity index is 2.03. The molecule has 1 rings (SSSR count). The maximum atomic E-state index is 11.2. The molecule has 1 heterocycles. The highest BCUT2D eigenvalue weighted by atomic mass is 16.5. The number of amides is 1. The van der Waals surface area contributed by atoms with Crippen LogP contribution in [0.5, 0.6) is 0 Å². The predicted molar refractivity (Wildman–Crippen MR) is 55.1 cm³/mol. The van der Waals surface area contributed by atoms with Gasteiger partial charge in [-0.25, -0.2) is 0 Å². The second-order valence-electron chi connectivity index (χ2n) is 3.69. The average Bonchev–Trinajstić information content (AvgIpc) is 2.25. The van der Waals surface area contributed by atoms with Crippen molar-refractivity contribution in [2.75, 3.05) is 26.8 Å². The smallest absolute Gasteiger partial charge is 0.222 e. The van der Waals surface area contributed by atoms with Gasteiger partial charge >= 0.3 is 0 Å². The fourth-order valence-electron chi connectivity index (χ4n) is 1.62. The van der Waals surface area contributed by atoms with Crippen molar-refractivity contribution >= 4 is 5.91 Å². The van der Waals surface area contributed by atoms with Crippen molar-refractivity contribution in [1.82, 2.24) is 10.6 Å². The van der Waals surface area contributed by atoms with E-state index in [9.17, 15) is 4.79 Å². The third-order valence-electron chi connectivity index (χ3n) is 2.49. The van der Waals surface area contributed by atoms with Crippen LogP contribution < -0.4 is 10.6 Å². The van der Waals surface area contributed by atoms with E-state index in [1.165, 1.54) is 19.3 Å². The largest absolute Gasteiger partial charge is 0.384 e. The summed E-state index contributed by atoms with van der Waals surface area (Å²) in [5.74, 6) is 0.0826. The van der Waals surface area contributed by atoms with Gasteiger partial charge < -0.3 is 15.4 Å². The first-order valence-electron chi connectivity index (χ1n) is 5.32. The first-order valence-corrected chi connectivity index (χ1v) is 5.32. The number of hydrogen-bond donors (Lipinski definition) is 2. The number of carbonyl (C=O) groups is 1. The molecule has 1 unspecified atom stereocenters. The summed E-state index contributed by atoms with van der Waals surface area (Å²) < 4.78 is 4.83. The second-order valence-corrected chi connectivity index (χ2v) is 3.69. The Morgan fingerprint density at radius 3 is 3.07 bits per heavy atom. The first-order chi connectivity index (χ1) is 6.83. The number of nitrogens with one attached hydrogen (secondary N) is 2. The maximum Gasteiger partial charge on any atom is 0.222 e. The van der Waals surface area contributed by atoms with Crippen LogP contribution in [0.2, 0.25) is 0 Å². The normalized spacial score (nSPS) is 21.9. The molecule has 0 spiro atoms.